The molecule has 82 valence electrons. The molecule has 1 aromatic rings. The largest absolute Gasteiger partial charge is 0.314 e. The summed E-state index contributed by atoms with van der Waals surface area (Å²) >= 11 is 0. The second kappa shape index (κ2) is 3.43. The van der Waals surface area contributed by atoms with Gasteiger partial charge >= 0.3 is 0 Å². The fourth-order valence-corrected chi connectivity index (χ4v) is 2.47. The Morgan fingerprint density at radius 1 is 1.60 bits per heavy atom. The highest BCUT2D eigenvalue weighted by Gasteiger charge is 2.40. The second-order valence-electron chi connectivity index (χ2n) is 5.06. The third-order valence-electron chi connectivity index (χ3n) is 3.51. The Balaban J connectivity index is 2.26. The van der Waals surface area contributed by atoms with Gasteiger partial charge < -0.3 is 4.57 Å². The number of Topliss-reactive ketones (excluding diaryl/α,β-unsaturated/α-hetero) is 1. The molecule has 4 nitrogen and oxygen atoms in total. The number of aromatic nitrogens is 3. The first-order chi connectivity index (χ1) is 7.02. The predicted octanol–water partition coefficient (Wildman–Crippen LogP) is 1.82. The molecule has 0 aliphatic heterocycles. The first-order valence-electron chi connectivity index (χ1n) is 5.40. The van der Waals surface area contributed by atoms with Crippen LogP contribution in [-0.2, 0) is 7.05 Å². The van der Waals surface area contributed by atoms with Crippen molar-refractivity contribution in [2.45, 2.75) is 33.1 Å². The zero-order valence-corrected chi connectivity index (χ0v) is 9.53. The molecule has 1 atom stereocenters. The number of ketones is 1. The van der Waals surface area contributed by atoms with Crippen molar-refractivity contribution in [2.24, 2.45) is 18.4 Å². The normalized spacial score (nSPS) is 24.3. The quantitative estimate of drug-likeness (QED) is 0.695. The smallest absolute Gasteiger partial charge is 0.203 e. The third-order valence-corrected chi connectivity index (χ3v) is 3.51. The Hall–Kier alpha value is -1.19. The highest BCUT2D eigenvalue weighted by Crippen LogP contribution is 2.43. The number of hydrogen-bond acceptors (Lipinski definition) is 3. The van der Waals surface area contributed by atoms with Gasteiger partial charge in [-0.2, -0.15) is 0 Å². The molecule has 1 unspecified atom stereocenters. The van der Waals surface area contributed by atoms with E-state index in [9.17, 15) is 4.79 Å². The van der Waals surface area contributed by atoms with Crippen LogP contribution >= 0.6 is 0 Å². The van der Waals surface area contributed by atoms with Crippen molar-refractivity contribution in [1.82, 2.24) is 14.8 Å². The van der Waals surface area contributed by atoms with Crippen LogP contribution in [0.25, 0.3) is 0 Å². The van der Waals surface area contributed by atoms with Gasteiger partial charge in [0.15, 0.2) is 5.82 Å². The zero-order valence-electron chi connectivity index (χ0n) is 9.53. The van der Waals surface area contributed by atoms with Gasteiger partial charge in [0.25, 0.3) is 0 Å². The molecule has 1 heterocycles. The van der Waals surface area contributed by atoms with E-state index in [4.69, 9.17) is 0 Å². The van der Waals surface area contributed by atoms with Crippen LogP contribution in [0.1, 0.15) is 43.7 Å². The van der Waals surface area contributed by atoms with Crippen molar-refractivity contribution in [3.63, 3.8) is 0 Å². The summed E-state index contributed by atoms with van der Waals surface area (Å²) in [4.78, 5) is 12.2. The zero-order chi connectivity index (χ0) is 11.1. The summed E-state index contributed by atoms with van der Waals surface area (Å²) < 4.78 is 1.71. The fourth-order valence-electron chi connectivity index (χ4n) is 2.47. The molecule has 1 aliphatic rings. The Morgan fingerprint density at radius 3 is 2.80 bits per heavy atom. The van der Waals surface area contributed by atoms with Gasteiger partial charge in [0.05, 0.1) is 0 Å². The Kier molecular flexibility index (Phi) is 2.37. The van der Waals surface area contributed by atoms with Crippen LogP contribution in [0.4, 0.5) is 0 Å². The van der Waals surface area contributed by atoms with Crippen LogP contribution in [-0.4, -0.2) is 20.5 Å². The number of carbonyl (C=O) groups excluding carboxylic acids is 1. The standard InChI is InChI=1S/C11H17N3O/c1-11(2)6-4-5-8(11)9(15)10-13-12-7-14(10)3/h7-8H,4-6H2,1-3H3. The Labute approximate surface area is 89.7 Å². The van der Waals surface area contributed by atoms with Crippen LogP contribution in [0.5, 0.6) is 0 Å². The van der Waals surface area contributed by atoms with Crippen LogP contribution < -0.4 is 0 Å². The molecule has 0 bridgehead atoms. The van der Waals surface area contributed by atoms with E-state index in [1.165, 1.54) is 0 Å². The van der Waals surface area contributed by atoms with Crippen LogP contribution in [0, 0.1) is 11.3 Å². The van der Waals surface area contributed by atoms with Crippen LogP contribution in [0.3, 0.4) is 0 Å². The minimum Gasteiger partial charge on any atom is -0.314 e. The monoisotopic (exact) mass is 207 g/mol. The number of nitrogens with zero attached hydrogens (tertiary/aromatic N) is 3. The summed E-state index contributed by atoms with van der Waals surface area (Å²) in [5.74, 6) is 0.757. The summed E-state index contributed by atoms with van der Waals surface area (Å²) in [6, 6.07) is 0. The summed E-state index contributed by atoms with van der Waals surface area (Å²) in [5, 5.41) is 7.64. The van der Waals surface area contributed by atoms with Gasteiger partial charge in [-0.05, 0) is 18.3 Å². The van der Waals surface area contributed by atoms with E-state index in [1.54, 1.807) is 10.9 Å². The van der Waals surface area contributed by atoms with Gasteiger partial charge in [-0.3, -0.25) is 4.79 Å². The Morgan fingerprint density at radius 2 is 2.33 bits per heavy atom. The third kappa shape index (κ3) is 1.68. The lowest BCUT2D eigenvalue weighted by molar-refractivity contribution is 0.0824. The molecule has 0 amide bonds. The first kappa shape index (κ1) is 10.3. The molecular weight excluding hydrogens is 190 g/mol. The molecule has 0 N–H and O–H groups in total. The summed E-state index contributed by atoms with van der Waals surface area (Å²) in [7, 11) is 1.81. The topological polar surface area (TPSA) is 47.8 Å². The molecule has 15 heavy (non-hydrogen) atoms. The minimum absolute atomic E-state index is 0.111. The molecule has 4 heteroatoms. The Bertz CT molecular complexity index is 381. The maximum Gasteiger partial charge on any atom is 0.203 e. The van der Waals surface area contributed by atoms with Crippen molar-refractivity contribution in [1.29, 1.82) is 0 Å². The highest BCUT2D eigenvalue weighted by atomic mass is 16.1. The molecule has 1 aliphatic carbocycles. The van der Waals surface area contributed by atoms with E-state index >= 15 is 0 Å². The maximum absolute atomic E-state index is 12.2. The molecule has 1 fully saturated rings. The van der Waals surface area contributed by atoms with Gasteiger partial charge in [0.1, 0.15) is 6.33 Å². The van der Waals surface area contributed by atoms with Crippen LogP contribution in [0.2, 0.25) is 0 Å². The lowest BCUT2D eigenvalue weighted by atomic mass is 9.79. The number of rotatable bonds is 2. The number of hydrogen-bond donors (Lipinski definition) is 0. The van der Waals surface area contributed by atoms with E-state index < -0.39 is 0 Å². The molecular formula is C11H17N3O. The summed E-state index contributed by atoms with van der Waals surface area (Å²) in [6.07, 6.45) is 4.83. The molecule has 0 saturated heterocycles. The van der Waals surface area contributed by atoms with Crippen LogP contribution in [0.15, 0.2) is 6.33 Å². The van der Waals surface area contributed by atoms with E-state index in [-0.39, 0.29) is 17.1 Å². The van der Waals surface area contributed by atoms with Gasteiger partial charge in [-0.25, -0.2) is 0 Å². The van der Waals surface area contributed by atoms with Gasteiger partial charge in [0, 0.05) is 13.0 Å². The van der Waals surface area contributed by atoms with Crippen molar-refractivity contribution in [3.8, 4) is 0 Å². The molecule has 1 aromatic heterocycles. The second-order valence-corrected chi connectivity index (χ2v) is 5.06. The van der Waals surface area contributed by atoms with Crippen molar-refractivity contribution < 1.29 is 4.79 Å². The van der Waals surface area contributed by atoms with E-state index in [2.05, 4.69) is 24.0 Å². The fraction of sp³-hybridized carbons (Fsp3) is 0.727. The van der Waals surface area contributed by atoms with E-state index in [0.717, 1.165) is 19.3 Å². The predicted molar refractivity (Wildman–Crippen MR) is 56.5 cm³/mol. The highest BCUT2D eigenvalue weighted by molar-refractivity contribution is 5.95. The average Bonchev–Trinajstić information content (AvgIpc) is 2.70. The SMILES string of the molecule is Cn1cnnc1C(=O)C1CCCC1(C)C. The number of carbonyl (C=O) groups is 1. The summed E-state index contributed by atoms with van der Waals surface area (Å²) in [5.41, 5.74) is 0.114. The van der Waals surface area contributed by atoms with Crippen molar-refractivity contribution >= 4 is 5.78 Å². The van der Waals surface area contributed by atoms with E-state index in [0.29, 0.717) is 5.82 Å². The molecule has 0 radical (unpaired) electrons. The molecule has 2 rings (SSSR count). The first-order valence-corrected chi connectivity index (χ1v) is 5.40. The molecule has 0 aromatic carbocycles. The van der Waals surface area contributed by atoms with Gasteiger partial charge in [-0.15, -0.1) is 10.2 Å². The number of aryl methyl sites for hydroxylation is 1. The van der Waals surface area contributed by atoms with Crippen molar-refractivity contribution in [3.05, 3.63) is 12.2 Å². The molecule has 0 spiro atoms. The van der Waals surface area contributed by atoms with E-state index in [1.807, 2.05) is 7.05 Å². The molecule has 1 saturated carbocycles. The van der Waals surface area contributed by atoms with Gasteiger partial charge in [0.2, 0.25) is 5.78 Å². The lowest BCUT2D eigenvalue weighted by Gasteiger charge is -2.24. The summed E-state index contributed by atoms with van der Waals surface area (Å²) in [6.45, 7) is 4.33. The maximum atomic E-state index is 12.2. The van der Waals surface area contributed by atoms with Gasteiger partial charge in [-0.1, -0.05) is 20.3 Å². The minimum atomic E-state index is 0.111. The average molecular weight is 207 g/mol. The lowest BCUT2D eigenvalue weighted by Crippen LogP contribution is -2.27. The van der Waals surface area contributed by atoms with Crippen molar-refractivity contribution in [2.75, 3.05) is 0 Å².